The number of ether oxygens (including phenoxy) is 2. The number of carbonyl (C=O) groups excluding carboxylic acids is 1. The number of likely N-dealkylation sites (N-methyl/N-ethyl adjacent to an activating group) is 1. The predicted molar refractivity (Wildman–Crippen MR) is 137 cm³/mol. The molecule has 1 aliphatic rings. The Morgan fingerprint density at radius 3 is 2.27 bits per heavy atom. The van der Waals surface area contributed by atoms with Gasteiger partial charge >= 0.3 is 0 Å². The lowest BCUT2D eigenvalue weighted by atomic mass is 9.99. The van der Waals surface area contributed by atoms with E-state index in [0.717, 1.165) is 11.1 Å². The summed E-state index contributed by atoms with van der Waals surface area (Å²) in [5.41, 5.74) is 0.477. The number of nitrogens with one attached hydrogen (secondary N) is 1. The number of hydrogen-bond acceptors (Lipinski definition) is 5. The monoisotopic (exact) mass is 562 g/mol. The van der Waals surface area contributed by atoms with Crippen molar-refractivity contribution in [2.24, 2.45) is 0 Å². The zero-order valence-corrected chi connectivity index (χ0v) is 21.5. The summed E-state index contributed by atoms with van der Waals surface area (Å²) in [4.78, 5) is 14.6. The lowest BCUT2D eigenvalue weighted by Gasteiger charge is -2.37. The lowest BCUT2D eigenvalue weighted by Crippen LogP contribution is -2.37. The minimum absolute atomic E-state index is 0.0217. The minimum atomic E-state index is -2.35. The molecular formula is C29H27F5N2O4. The molecule has 3 unspecified atom stereocenters. The molecule has 3 aromatic carbocycles. The highest BCUT2D eigenvalue weighted by molar-refractivity contribution is 6.04. The molecule has 1 heterocycles. The molecule has 0 spiro atoms. The van der Waals surface area contributed by atoms with Gasteiger partial charge in [0.05, 0.1) is 18.8 Å². The van der Waals surface area contributed by atoms with Crippen LogP contribution >= 0.6 is 0 Å². The van der Waals surface area contributed by atoms with E-state index in [4.69, 9.17) is 9.47 Å². The van der Waals surface area contributed by atoms with Crippen LogP contribution in [-0.2, 0) is 16.1 Å². The third-order valence-electron chi connectivity index (χ3n) is 6.42. The lowest BCUT2D eigenvalue weighted by molar-refractivity contribution is -0.252. The molecule has 1 fully saturated rings. The topological polar surface area (TPSA) is 71.0 Å². The zero-order chi connectivity index (χ0) is 29.0. The van der Waals surface area contributed by atoms with Crippen molar-refractivity contribution in [2.75, 3.05) is 25.5 Å². The predicted octanol–water partition coefficient (Wildman–Crippen LogP) is 5.79. The van der Waals surface area contributed by atoms with Crippen molar-refractivity contribution >= 4 is 11.6 Å². The third kappa shape index (κ3) is 6.39. The summed E-state index contributed by atoms with van der Waals surface area (Å²) in [5.74, 6) is -12.8. The van der Waals surface area contributed by atoms with E-state index in [9.17, 15) is 31.9 Å². The number of rotatable bonds is 9. The molecule has 1 amide bonds. The Hall–Kier alpha value is -3.64. The molecule has 212 valence electrons. The van der Waals surface area contributed by atoms with Gasteiger partial charge < -0.3 is 24.8 Å². The van der Waals surface area contributed by atoms with Crippen molar-refractivity contribution in [2.45, 2.75) is 31.5 Å². The van der Waals surface area contributed by atoms with Gasteiger partial charge in [-0.05, 0) is 30.3 Å². The Kier molecular flexibility index (Phi) is 9.31. The second-order valence-electron chi connectivity index (χ2n) is 9.38. The van der Waals surface area contributed by atoms with Gasteiger partial charge in [0.25, 0.3) is 5.91 Å². The van der Waals surface area contributed by atoms with Crippen LogP contribution in [0.3, 0.4) is 0 Å². The van der Waals surface area contributed by atoms with E-state index in [1.807, 2.05) is 24.1 Å². The number of halogens is 5. The van der Waals surface area contributed by atoms with Crippen molar-refractivity contribution in [3.05, 3.63) is 113 Å². The van der Waals surface area contributed by atoms with Crippen LogP contribution in [0.25, 0.3) is 0 Å². The van der Waals surface area contributed by atoms with Gasteiger partial charge in [0.1, 0.15) is 5.56 Å². The first-order chi connectivity index (χ1) is 19.1. The standard InChI is InChI=1S/C29H27F5N2O4/c1-3-11-36(2)14-20-13-21(17-9-7-16(15-37)8-10-17)40-29(39-20)18-5-4-6-19(12-18)35-28(38)22-23(30)25(32)27(34)26(33)24(22)31/h3-10,12,20-21,29,37H,1,11,13-15H2,2H3,(H,35,38). The van der Waals surface area contributed by atoms with Crippen LogP contribution in [0.5, 0.6) is 0 Å². The van der Waals surface area contributed by atoms with Crippen LogP contribution in [0.4, 0.5) is 27.6 Å². The number of amides is 1. The molecule has 2 N–H and O–H groups in total. The smallest absolute Gasteiger partial charge is 0.261 e. The van der Waals surface area contributed by atoms with E-state index >= 15 is 0 Å². The van der Waals surface area contributed by atoms with Gasteiger partial charge in [-0.15, -0.1) is 6.58 Å². The van der Waals surface area contributed by atoms with E-state index in [2.05, 4.69) is 11.9 Å². The summed E-state index contributed by atoms with van der Waals surface area (Å²) in [5, 5.41) is 11.5. The molecule has 3 aromatic rings. The number of hydrogen-bond donors (Lipinski definition) is 2. The van der Waals surface area contributed by atoms with Crippen LogP contribution in [0, 0.1) is 29.1 Å². The number of carbonyl (C=O) groups is 1. The van der Waals surface area contributed by atoms with Gasteiger partial charge in [-0.3, -0.25) is 4.79 Å². The van der Waals surface area contributed by atoms with Crippen molar-refractivity contribution in [3.63, 3.8) is 0 Å². The van der Waals surface area contributed by atoms with E-state index < -0.39 is 46.8 Å². The average molecular weight is 563 g/mol. The normalized spacial score (nSPS) is 19.1. The molecule has 0 radical (unpaired) electrons. The highest BCUT2D eigenvalue weighted by Gasteiger charge is 2.33. The molecule has 0 saturated carbocycles. The summed E-state index contributed by atoms with van der Waals surface area (Å²) in [6.45, 7) is 4.82. The van der Waals surface area contributed by atoms with E-state index in [0.29, 0.717) is 25.1 Å². The molecular weight excluding hydrogens is 535 g/mol. The molecule has 0 aliphatic carbocycles. The number of aliphatic hydroxyl groups is 1. The van der Waals surface area contributed by atoms with Crippen LogP contribution in [0.1, 0.15) is 45.9 Å². The highest BCUT2D eigenvalue weighted by Crippen LogP contribution is 2.38. The Morgan fingerprint density at radius 2 is 1.65 bits per heavy atom. The van der Waals surface area contributed by atoms with Crippen LogP contribution in [0.15, 0.2) is 61.2 Å². The molecule has 3 atom stereocenters. The third-order valence-corrected chi connectivity index (χ3v) is 6.42. The Morgan fingerprint density at radius 1 is 1.00 bits per heavy atom. The molecule has 4 rings (SSSR count). The molecule has 1 saturated heterocycles. The maximum atomic E-state index is 14.1. The minimum Gasteiger partial charge on any atom is -0.392 e. The van der Waals surface area contributed by atoms with Crippen molar-refractivity contribution in [1.82, 2.24) is 4.90 Å². The second-order valence-corrected chi connectivity index (χ2v) is 9.38. The average Bonchev–Trinajstić information content (AvgIpc) is 2.95. The quantitative estimate of drug-likeness (QED) is 0.150. The number of benzene rings is 3. The van der Waals surface area contributed by atoms with Gasteiger partial charge in [-0.2, -0.15) is 0 Å². The molecule has 0 aromatic heterocycles. The first-order valence-electron chi connectivity index (χ1n) is 12.4. The maximum absolute atomic E-state index is 14.1. The van der Waals surface area contributed by atoms with Gasteiger partial charge in [0.2, 0.25) is 5.82 Å². The van der Waals surface area contributed by atoms with Gasteiger partial charge in [0, 0.05) is 30.8 Å². The molecule has 1 aliphatic heterocycles. The first-order valence-corrected chi connectivity index (χ1v) is 12.4. The fraction of sp³-hybridized carbons (Fsp3) is 0.276. The highest BCUT2D eigenvalue weighted by atomic mass is 19.2. The Labute approximate surface area is 227 Å². The summed E-state index contributed by atoms with van der Waals surface area (Å²) in [7, 11) is 1.91. The summed E-state index contributed by atoms with van der Waals surface area (Å²) < 4.78 is 81.3. The first kappa shape index (κ1) is 29.3. The summed E-state index contributed by atoms with van der Waals surface area (Å²) in [6, 6.07) is 13.3. The van der Waals surface area contributed by atoms with Crippen LogP contribution < -0.4 is 5.32 Å². The fourth-order valence-corrected chi connectivity index (χ4v) is 4.44. The number of aliphatic hydroxyl groups excluding tert-OH is 1. The Bertz CT molecular complexity index is 1360. The number of nitrogens with zero attached hydrogens (tertiary/aromatic N) is 1. The van der Waals surface area contributed by atoms with E-state index in [1.165, 1.54) is 18.2 Å². The molecule has 0 bridgehead atoms. The van der Waals surface area contributed by atoms with Crippen LogP contribution in [0.2, 0.25) is 0 Å². The number of anilines is 1. The second kappa shape index (κ2) is 12.7. The van der Waals surface area contributed by atoms with Gasteiger partial charge in [-0.25, -0.2) is 22.0 Å². The molecule has 6 nitrogen and oxygen atoms in total. The Balaban J connectivity index is 1.59. The summed E-state index contributed by atoms with van der Waals surface area (Å²) in [6.07, 6.45) is 0.702. The van der Waals surface area contributed by atoms with Gasteiger partial charge in [0.15, 0.2) is 29.6 Å². The van der Waals surface area contributed by atoms with Crippen LogP contribution in [-0.4, -0.2) is 42.2 Å². The van der Waals surface area contributed by atoms with E-state index in [1.54, 1.807) is 24.3 Å². The van der Waals surface area contributed by atoms with Crippen molar-refractivity contribution < 1.29 is 41.3 Å². The SMILES string of the molecule is C=CCN(C)CC1CC(c2ccc(CO)cc2)OC(c2cccc(NC(=O)c3c(F)c(F)c(F)c(F)c3F)c2)O1. The van der Waals surface area contributed by atoms with E-state index in [-0.39, 0.29) is 24.5 Å². The summed E-state index contributed by atoms with van der Waals surface area (Å²) >= 11 is 0. The van der Waals surface area contributed by atoms with Crippen molar-refractivity contribution in [3.8, 4) is 0 Å². The van der Waals surface area contributed by atoms with Crippen molar-refractivity contribution in [1.29, 1.82) is 0 Å². The maximum Gasteiger partial charge on any atom is 0.261 e. The van der Waals surface area contributed by atoms with Gasteiger partial charge in [-0.1, -0.05) is 42.5 Å². The molecule has 40 heavy (non-hydrogen) atoms. The zero-order valence-electron chi connectivity index (χ0n) is 21.5. The molecule has 11 heteroatoms. The fourth-order valence-electron chi connectivity index (χ4n) is 4.44. The largest absolute Gasteiger partial charge is 0.392 e.